The lowest BCUT2D eigenvalue weighted by Crippen LogP contribution is -2.57. The first-order valence-electron chi connectivity index (χ1n) is 13.6. The van der Waals surface area contributed by atoms with Crippen molar-refractivity contribution in [2.45, 2.75) is 133 Å². The Bertz CT molecular complexity index is 455. The van der Waals surface area contributed by atoms with E-state index in [1.807, 2.05) is 0 Å². The Morgan fingerprint density at radius 2 is 1.29 bits per heavy atom. The third-order valence-electron chi connectivity index (χ3n) is 6.57. The summed E-state index contributed by atoms with van der Waals surface area (Å²) >= 11 is 1.29. The van der Waals surface area contributed by atoms with Crippen LogP contribution in [-0.2, 0) is 14.2 Å². The van der Waals surface area contributed by atoms with E-state index in [-0.39, 0.29) is 6.10 Å². The normalized spacial score (nSPS) is 26.1. The van der Waals surface area contributed by atoms with Crippen molar-refractivity contribution < 1.29 is 34.6 Å². The van der Waals surface area contributed by atoms with E-state index in [2.05, 4.69) is 6.92 Å². The van der Waals surface area contributed by atoms with E-state index >= 15 is 0 Å². The van der Waals surface area contributed by atoms with Gasteiger partial charge < -0.3 is 34.6 Å². The quantitative estimate of drug-likeness (QED) is 0.162. The number of ether oxygens (including phenoxy) is 3. The number of unbranched alkanes of at least 4 members (excludes halogenated alkanes) is 13. The topological polar surface area (TPSA) is 109 Å². The molecule has 4 N–H and O–H groups in total. The Kier molecular flexibility index (Phi) is 20.0. The van der Waals surface area contributed by atoms with Crippen LogP contribution in [-0.4, -0.2) is 89.1 Å². The first-order valence-corrected chi connectivity index (χ1v) is 14.6. The van der Waals surface area contributed by atoms with Gasteiger partial charge in [-0.1, -0.05) is 90.4 Å². The Morgan fingerprint density at radius 3 is 1.79 bits per heavy atom. The van der Waals surface area contributed by atoms with Crippen LogP contribution in [0.1, 0.15) is 96.8 Å². The number of thioether (sulfide) groups is 1. The molecule has 0 aliphatic carbocycles. The van der Waals surface area contributed by atoms with E-state index in [1.165, 1.54) is 95.2 Å². The van der Waals surface area contributed by atoms with Gasteiger partial charge in [0, 0.05) is 19.5 Å². The molecular weight excluding hydrogens is 456 g/mol. The van der Waals surface area contributed by atoms with Crippen molar-refractivity contribution in [1.82, 2.24) is 0 Å². The number of aliphatic hydroxyl groups is 4. The Balaban J connectivity index is 1.97. The zero-order valence-corrected chi connectivity index (χ0v) is 22.4. The third-order valence-corrected chi connectivity index (χ3v) is 7.86. The zero-order chi connectivity index (χ0) is 25.0. The Hall–Kier alpha value is 0.0700. The van der Waals surface area contributed by atoms with Crippen molar-refractivity contribution in [3.05, 3.63) is 0 Å². The highest BCUT2D eigenvalue weighted by molar-refractivity contribution is 7.99. The molecule has 0 spiro atoms. The average Bonchev–Trinajstić information content (AvgIpc) is 2.85. The van der Waals surface area contributed by atoms with E-state index in [0.717, 1.165) is 6.42 Å². The fourth-order valence-corrected chi connectivity index (χ4v) is 5.42. The van der Waals surface area contributed by atoms with Gasteiger partial charge in [-0.3, -0.25) is 0 Å². The van der Waals surface area contributed by atoms with Crippen LogP contribution in [0.5, 0.6) is 0 Å². The summed E-state index contributed by atoms with van der Waals surface area (Å²) in [7, 11) is 1.62. The fourth-order valence-electron chi connectivity index (χ4n) is 4.20. The molecule has 0 aromatic heterocycles. The second-order valence-corrected chi connectivity index (χ2v) is 10.7. The molecule has 1 saturated heterocycles. The molecule has 0 aromatic rings. The van der Waals surface area contributed by atoms with Crippen molar-refractivity contribution in [2.24, 2.45) is 0 Å². The van der Waals surface area contributed by atoms with Crippen LogP contribution in [0.15, 0.2) is 0 Å². The molecule has 0 amide bonds. The summed E-state index contributed by atoms with van der Waals surface area (Å²) in [5, 5.41) is 39.2. The lowest BCUT2D eigenvalue weighted by atomic mass is 10.0. The van der Waals surface area contributed by atoms with E-state index in [0.29, 0.717) is 19.0 Å². The van der Waals surface area contributed by atoms with Crippen molar-refractivity contribution in [1.29, 1.82) is 0 Å². The lowest BCUT2D eigenvalue weighted by molar-refractivity contribution is -0.205. The maximum absolute atomic E-state index is 10.1. The molecule has 1 fully saturated rings. The molecule has 0 aromatic carbocycles. The minimum absolute atomic E-state index is 0.163. The summed E-state index contributed by atoms with van der Waals surface area (Å²) in [5.74, 6) is 0.512. The summed E-state index contributed by atoms with van der Waals surface area (Å²) in [4.78, 5) is 0. The molecule has 0 bridgehead atoms. The summed E-state index contributed by atoms with van der Waals surface area (Å²) in [6.45, 7) is 3.02. The van der Waals surface area contributed by atoms with Gasteiger partial charge in [0.2, 0.25) is 0 Å². The van der Waals surface area contributed by atoms with Gasteiger partial charge in [-0.25, -0.2) is 0 Å². The molecule has 1 aliphatic heterocycles. The summed E-state index contributed by atoms with van der Waals surface area (Å²) in [5.41, 5.74) is -0.737. The smallest absolute Gasteiger partial charge is 0.132 e. The Morgan fingerprint density at radius 1 is 0.765 bits per heavy atom. The lowest BCUT2D eigenvalue weighted by Gasteiger charge is -2.39. The van der Waals surface area contributed by atoms with Crippen LogP contribution < -0.4 is 0 Å². The van der Waals surface area contributed by atoms with Crippen LogP contribution in [0.25, 0.3) is 0 Å². The molecule has 1 unspecified atom stereocenters. The van der Waals surface area contributed by atoms with Crippen LogP contribution in [0.3, 0.4) is 0 Å². The molecule has 6 atom stereocenters. The first-order chi connectivity index (χ1) is 16.5. The number of hydrogen-bond donors (Lipinski definition) is 4. The number of aliphatic hydroxyl groups excluding tert-OH is 4. The number of hydrogen-bond acceptors (Lipinski definition) is 8. The van der Waals surface area contributed by atoms with E-state index in [9.17, 15) is 20.4 Å². The second kappa shape index (κ2) is 21.2. The molecule has 0 saturated carbocycles. The van der Waals surface area contributed by atoms with Gasteiger partial charge in [0.1, 0.15) is 29.9 Å². The molecular formula is C26H52O7S. The van der Waals surface area contributed by atoms with Crippen LogP contribution in [0.2, 0.25) is 0 Å². The molecule has 204 valence electrons. The molecule has 7 nitrogen and oxygen atoms in total. The highest BCUT2D eigenvalue weighted by Gasteiger charge is 2.43. The first kappa shape index (κ1) is 32.1. The maximum Gasteiger partial charge on any atom is 0.132 e. The predicted molar refractivity (Wildman–Crippen MR) is 138 cm³/mol. The molecule has 0 radical (unpaired) electrons. The number of rotatable bonds is 22. The minimum Gasteiger partial charge on any atom is -0.394 e. The van der Waals surface area contributed by atoms with Gasteiger partial charge in [0.15, 0.2) is 0 Å². The van der Waals surface area contributed by atoms with Crippen LogP contribution in [0.4, 0.5) is 0 Å². The van der Waals surface area contributed by atoms with Crippen molar-refractivity contribution >= 4 is 11.8 Å². The van der Waals surface area contributed by atoms with Gasteiger partial charge >= 0.3 is 0 Å². The van der Waals surface area contributed by atoms with Crippen molar-refractivity contribution in [3.63, 3.8) is 0 Å². The molecule has 8 heteroatoms. The van der Waals surface area contributed by atoms with Gasteiger partial charge in [0.25, 0.3) is 0 Å². The summed E-state index contributed by atoms with van der Waals surface area (Å²) in [6.07, 6.45) is 13.7. The predicted octanol–water partition coefficient (Wildman–Crippen LogP) is 4.03. The second-order valence-electron chi connectivity index (χ2n) is 9.56. The van der Waals surface area contributed by atoms with Crippen LogP contribution >= 0.6 is 11.8 Å². The largest absolute Gasteiger partial charge is 0.394 e. The van der Waals surface area contributed by atoms with Crippen molar-refractivity contribution in [3.8, 4) is 0 Å². The maximum atomic E-state index is 10.1. The SMILES string of the molecule is CCCCCCCCCCCCCCCCOCC(CS[C@@H]1O[C@H](CO)[C@@H](O)[C@H](O)[C@H]1O)OC. The Labute approximate surface area is 211 Å². The molecule has 1 rings (SSSR count). The van der Waals surface area contributed by atoms with E-state index < -0.39 is 36.5 Å². The van der Waals surface area contributed by atoms with Gasteiger partial charge in [-0.2, -0.15) is 0 Å². The minimum atomic E-state index is -1.35. The average molecular weight is 509 g/mol. The third kappa shape index (κ3) is 14.0. The van der Waals surface area contributed by atoms with Gasteiger partial charge in [-0.05, 0) is 6.42 Å². The summed E-state index contributed by atoms with van der Waals surface area (Å²) in [6, 6.07) is 0. The monoisotopic (exact) mass is 508 g/mol. The molecule has 1 aliphatic rings. The fraction of sp³-hybridized carbons (Fsp3) is 1.00. The zero-order valence-electron chi connectivity index (χ0n) is 21.6. The standard InChI is InChI=1S/C26H52O7S/c1-3-4-5-6-7-8-9-10-11-12-13-14-15-16-17-32-19-21(31-2)20-34-26-25(30)24(29)23(28)22(18-27)33-26/h21-30H,3-20H2,1-2H3/t21?,22-,23-,24+,25-,26+/m1/s1. The van der Waals surface area contributed by atoms with Gasteiger partial charge in [-0.15, -0.1) is 11.8 Å². The highest BCUT2D eigenvalue weighted by Crippen LogP contribution is 2.29. The number of methoxy groups -OCH3 is 1. The molecule has 34 heavy (non-hydrogen) atoms. The van der Waals surface area contributed by atoms with Crippen LogP contribution in [0, 0.1) is 0 Å². The van der Waals surface area contributed by atoms with Crippen molar-refractivity contribution in [2.75, 3.05) is 32.7 Å². The summed E-state index contributed by atoms with van der Waals surface area (Å²) < 4.78 is 16.7. The van der Waals surface area contributed by atoms with E-state index in [1.54, 1.807) is 7.11 Å². The molecule has 1 heterocycles. The highest BCUT2D eigenvalue weighted by atomic mass is 32.2. The van der Waals surface area contributed by atoms with Gasteiger partial charge in [0.05, 0.1) is 19.3 Å². The van der Waals surface area contributed by atoms with E-state index in [4.69, 9.17) is 14.2 Å².